The van der Waals surface area contributed by atoms with Gasteiger partial charge in [0.25, 0.3) is 0 Å². The summed E-state index contributed by atoms with van der Waals surface area (Å²) in [7, 11) is 0. The summed E-state index contributed by atoms with van der Waals surface area (Å²) in [6, 6.07) is 21.6. The second-order valence-electron chi connectivity index (χ2n) is 4.93. The molecule has 0 aliphatic carbocycles. The van der Waals surface area contributed by atoms with E-state index in [0.717, 1.165) is 37.3 Å². The van der Waals surface area contributed by atoms with E-state index in [4.69, 9.17) is 23.1 Å². The molecule has 3 aromatic carbocycles. The SMILES string of the molecule is Nc1ccc(Sc2ccc(N)c(-c3ccc(Cl)cc3)c2)cc1. The van der Waals surface area contributed by atoms with Crippen molar-refractivity contribution < 1.29 is 0 Å². The van der Waals surface area contributed by atoms with Gasteiger partial charge in [-0.2, -0.15) is 0 Å². The smallest absolute Gasteiger partial charge is 0.0406 e. The first-order valence-electron chi connectivity index (χ1n) is 6.81. The fourth-order valence-corrected chi connectivity index (χ4v) is 3.13. The molecule has 22 heavy (non-hydrogen) atoms. The Balaban J connectivity index is 1.92. The van der Waals surface area contributed by atoms with Crippen molar-refractivity contribution in [2.75, 3.05) is 11.5 Å². The highest BCUT2D eigenvalue weighted by Gasteiger charge is 2.06. The maximum Gasteiger partial charge on any atom is 0.0406 e. The number of rotatable bonds is 3. The fraction of sp³-hybridized carbons (Fsp3) is 0. The second-order valence-corrected chi connectivity index (χ2v) is 6.51. The van der Waals surface area contributed by atoms with Gasteiger partial charge in [-0.25, -0.2) is 0 Å². The molecule has 0 spiro atoms. The number of anilines is 2. The van der Waals surface area contributed by atoms with E-state index < -0.39 is 0 Å². The number of benzene rings is 3. The molecule has 0 aliphatic rings. The lowest BCUT2D eigenvalue weighted by molar-refractivity contribution is 1.41. The average Bonchev–Trinajstić information content (AvgIpc) is 2.52. The maximum absolute atomic E-state index is 6.11. The van der Waals surface area contributed by atoms with E-state index in [-0.39, 0.29) is 0 Å². The molecule has 0 heterocycles. The van der Waals surface area contributed by atoms with Crippen molar-refractivity contribution >= 4 is 34.7 Å². The lowest BCUT2D eigenvalue weighted by Gasteiger charge is -2.09. The third-order valence-electron chi connectivity index (χ3n) is 3.30. The van der Waals surface area contributed by atoms with Gasteiger partial charge in [0.1, 0.15) is 0 Å². The normalized spacial score (nSPS) is 10.6. The number of nitrogens with two attached hydrogens (primary N) is 2. The summed E-state index contributed by atoms with van der Waals surface area (Å²) in [5.74, 6) is 0. The van der Waals surface area contributed by atoms with Gasteiger partial charge in [0, 0.05) is 31.8 Å². The summed E-state index contributed by atoms with van der Waals surface area (Å²) in [4.78, 5) is 2.27. The lowest BCUT2D eigenvalue weighted by Crippen LogP contribution is -1.90. The Labute approximate surface area is 139 Å². The molecule has 3 rings (SSSR count). The number of nitrogen functional groups attached to an aromatic ring is 2. The van der Waals surface area contributed by atoms with Gasteiger partial charge in [-0.15, -0.1) is 0 Å². The highest BCUT2D eigenvalue weighted by atomic mass is 35.5. The summed E-state index contributed by atoms with van der Waals surface area (Å²) in [5, 5.41) is 0.717. The Bertz CT molecular complexity index is 783. The topological polar surface area (TPSA) is 52.0 Å². The summed E-state index contributed by atoms with van der Waals surface area (Å²) in [6.07, 6.45) is 0. The van der Waals surface area contributed by atoms with Gasteiger partial charge < -0.3 is 11.5 Å². The van der Waals surface area contributed by atoms with E-state index in [2.05, 4.69) is 6.07 Å². The minimum atomic E-state index is 0.717. The van der Waals surface area contributed by atoms with Crippen LogP contribution < -0.4 is 11.5 Å². The van der Waals surface area contributed by atoms with Crippen LogP contribution in [-0.2, 0) is 0 Å². The van der Waals surface area contributed by atoms with E-state index in [0.29, 0.717) is 0 Å². The monoisotopic (exact) mass is 326 g/mol. The standard InChI is InChI=1S/C18H15ClN2S/c19-13-3-1-12(2-4-13)17-11-16(9-10-18(17)21)22-15-7-5-14(20)6-8-15/h1-11H,20-21H2. The number of hydrogen-bond acceptors (Lipinski definition) is 3. The van der Waals surface area contributed by atoms with Crippen LogP contribution in [0.15, 0.2) is 76.5 Å². The van der Waals surface area contributed by atoms with Crippen molar-refractivity contribution in [3.05, 3.63) is 71.8 Å². The summed E-state index contributed by atoms with van der Waals surface area (Å²) >= 11 is 7.62. The Hall–Kier alpha value is -2.10. The van der Waals surface area contributed by atoms with Crippen LogP contribution in [0.4, 0.5) is 11.4 Å². The average molecular weight is 327 g/mol. The Morgan fingerprint density at radius 2 is 1.36 bits per heavy atom. The van der Waals surface area contributed by atoms with Crippen molar-refractivity contribution in [3.8, 4) is 11.1 Å². The summed E-state index contributed by atoms with van der Waals surface area (Å²) in [5.41, 5.74) is 15.4. The summed E-state index contributed by atoms with van der Waals surface area (Å²) in [6.45, 7) is 0. The predicted octanol–water partition coefficient (Wildman–Crippen LogP) is 5.32. The lowest BCUT2D eigenvalue weighted by atomic mass is 10.0. The molecule has 0 fully saturated rings. The fourth-order valence-electron chi connectivity index (χ4n) is 2.15. The van der Waals surface area contributed by atoms with Gasteiger partial charge in [0.15, 0.2) is 0 Å². The van der Waals surface area contributed by atoms with E-state index >= 15 is 0 Å². The highest BCUT2D eigenvalue weighted by Crippen LogP contribution is 2.34. The molecule has 4 N–H and O–H groups in total. The molecule has 0 atom stereocenters. The van der Waals surface area contributed by atoms with Crippen LogP contribution in [0.3, 0.4) is 0 Å². The van der Waals surface area contributed by atoms with Crippen molar-refractivity contribution in [3.63, 3.8) is 0 Å². The molecule has 110 valence electrons. The van der Waals surface area contributed by atoms with Crippen molar-refractivity contribution in [1.82, 2.24) is 0 Å². The quantitative estimate of drug-likeness (QED) is 0.640. The van der Waals surface area contributed by atoms with Crippen LogP contribution in [0.5, 0.6) is 0 Å². The molecular weight excluding hydrogens is 312 g/mol. The summed E-state index contributed by atoms with van der Waals surface area (Å²) < 4.78 is 0. The molecule has 0 radical (unpaired) electrons. The molecule has 0 bridgehead atoms. The highest BCUT2D eigenvalue weighted by molar-refractivity contribution is 7.99. The molecule has 0 saturated heterocycles. The predicted molar refractivity (Wildman–Crippen MR) is 96.3 cm³/mol. The minimum Gasteiger partial charge on any atom is -0.399 e. The van der Waals surface area contributed by atoms with Gasteiger partial charge >= 0.3 is 0 Å². The van der Waals surface area contributed by atoms with Crippen molar-refractivity contribution in [2.24, 2.45) is 0 Å². The van der Waals surface area contributed by atoms with Gasteiger partial charge in [-0.3, -0.25) is 0 Å². The molecule has 0 aliphatic heterocycles. The molecule has 0 amide bonds. The van der Waals surface area contributed by atoms with Crippen molar-refractivity contribution in [2.45, 2.75) is 9.79 Å². The first-order valence-corrected chi connectivity index (χ1v) is 8.00. The van der Waals surface area contributed by atoms with E-state index in [1.54, 1.807) is 11.8 Å². The van der Waals surface area contributed by atoms with Crippen LogP contribution in [0.2, 0.25) is 5.02 Å². The molecule has 0 unspecified atom stereocenters. The van der Waals surface area contributed by atoms with Crippen LogP contribution in [0.1, 0.15) is 0 Å². The molecular formula is C18H15ClN2S. The van der Waals surface area contributed by atoms with Crippen LogP contribution in [0, 0.1) is 0 Å². The third-order valence-corrected chi connectivity index (χ3v) is 4.55. The Morgan fingerprint density at radius 1 is 0.727 bits per heavy atom. The first-order chi connectivity index (χ1) is 10.6. The Kier molecular flexibility index (Phi) is 4.27. The zero-order chi connectivity index (χ0) is 15.5. The van der Waals surface area contributed by atoms with Crippen LogP contribution >= 0.6 is 23.4 Å². The van der Waals surface area contributed by atoms with Crippen LogP contribution in [0.25, 0.3) is 11.1 Å². The third kappa shape index (κ3) is 3.38. The zero-order valence-electron chi connectivity index (χ0n) is 11.8. The van der Waals surface area contributed by atoms with E-state index in [1.807, 2.05) is 60.7 Å². The molecule has 3 aromatic rings. The molecule has 0 saturated carbocycles. The van der Waals surface area contributed by atoms with Gasteiger partial charge in [0.2, 0.25) is 0 Å². The molecule has 0 aromatic heterocycles. The van der Waals surface area contributed by atoms with Gasteiger partial charge in [-0.05, 0) is 60.2 Å². The zero-order valence-corrected chi connectivity index (χ0v) is 13.4. The number of halogens is 1. The van der Waals surface area contributed by atoms with Gasteiger partial charge in [0.05, 0.1) is 0 Å². The Morgan fingerprint density at radius 3 is 2.05 bits per heavy atom. The molecule has 2 nitrogen and oxygen atoms in total. The van der Waals surface area contributed by atoms with Gasteiger partial charge in [-0.1, -0.05) is 35.5 Å². The first kappa shape index (κ1) is 14.8. The maximum atomic E-state index is 6.11. The van der Waals surface area contributed by atoms with Crippen LogP contribution in [-0.4, -0.2) is 0 Å². The second kappa shape index (κ2) is 6.34. The number of hydrogen-bond donors (Lipinski definition) is 2. The van der Waals surface area contributed by atoms with E-state index in [1.165, 1.54) is 0 Å². The van der Waals surface area contributed by atoms with E-state index in [9.17, 15) is 0 Å². The minimum absolute atomic E-state index is 0.717. The largest absolute Gasteiger partial charge is 0.399 e. The van der Waals surface area contributed by atoms with Crippen molar-refractivity contribution in [1.29, 1.82) is 0 Å². The molecule has 4 heteroatoms.